The molecule has 0 aromatic heterocycles. The summed E-state index contributed by atoms with van der Waals surface area (Å²) in [5.41, 5.74) is 0.938. The minimum Gasteiger partial charge on any atom is -0.453 e. The van der Waals surface area contributed by atoms with E-state index in [9.17, 15) is 9.65 Å². The Morgan fingerprint density at radius 3 is 2.53 bits per heavy atom. The molecule has 96 valence electrons. The first-order chi connectivity index (χ1) is 9.17. The van der Waals surface area contributed by atoms with Crippen LogP contribution in [0.2, 0.25) is 0 Å². The van der Waals surface area contributed by atoms with Gasteiger partial charge in [-0.15, -0.1) is 11.8 Å². The summed E-state index contributed by atoms with van der Waals surface area (Å²) >= 11 is 1.46. The Balaban J connectivity index is 2.44. The van der Waals surface area contributed by atoms with Gasteiger partial charge in [0, 0.05) is 4.90 Å². The zero-order valence-electron chi connectivity index (χ0n) is 10.6. The Morgan fingerprint density at radius 1 is 1.16 bits per heavy atom. The summed E-state index contributed by atoms with van der Waals surface area (Å²) in [5, 5.41) is 9.20. The predicted molar refractivity (Wildman–Crippen MR) is 74.1 cm³/mol. The van der Waals surface area contributed by atoms with Crippen molar-refractivity contribution in [2.75, 3.05) is 6.26 Å². The van der Waals surface area contributed by atoms with Crippen LogP contribution < -0.4 is 4.74 Å². The van der Waals surface area contributed by atoms with Gasteiger partial charge in [0.15, 0.2) is 11.6 Å². The van der Waals surface area contributed by atoms with Gasteiger partial charge in [-0.05, 0) is 36.9 Å². The van der Waals surface area contributed by atoms with Crippen LogP contribution in [0, 0.1) is 24.1 Å². The molecule has 0 fully saturated rings. The van der Waals surface area contributed by atoms with Gasteiger partial charge in [-0.3, -0.25) is 0 Å². The van der Waals surface area contributed by atoms with Crippen LogP contribution >= 0.6 is 11.8 Å². The third-order valence-corrected chi connectivity index (χ3v) is 3.48. The molecule has 0 bridgehead atoms. The van der Waals surface area contributed by atoms with Crippen molar-refractivity contribution in [2.45, 2.75) is 11.8 Å². The minimum absolute atomic E-state index is 0.134. The topological polar surface area (TPSA) is 33.0 Å². The highest BCUT2D eigenvalue weighted by Gasteiger charge is 2.12. The summed E-state index contributed by atoms with van der Waals surface area (Å²) in [7, 11) is 0. The zero-order valence-corrected chi connectivity index (χ0v) is 11.4. The lowest BCUT2D eigenvalue weighted by atomic mass is 10.2. The number of hydrogen-bond donors (Lipinski definition) is 0. The molecule has 0 aliphatic heterocycles. The predicted octanol–water partition coefficient (Wildman–Crippen LogP) is 4.52. The molecule has 0 saturated heterocycles. The average Bonchev–Trinajstić information content (AvgIpc) is 2.43. The van der Waals surface area contributed by atoms with Crippen LogP contribution in [0.4, 0.5) is 4.39 Å². The molecule has 19 heavy (non-hydrogen) atoms. The lowest BCUT2D eigenvalue weighted by Crippen LogP contribution is -1.94. The fourth-order valence-electron chi connectivity index (χ4n) is 1.69. The molecule has 0 unspecified atom stereocenters. The lowest BCUT2D eigenvalue weighted by molar-refractivity contribution is 0.438. The van der Waals surface area contributed by atoms with Crippen LogP contribution in [0.25, 0.3) is 0 Å². The van der Waals surface area contributed by atoms with Crippen molar-refractivity contribution in [3.8, 4) is 17.6 Å². The van der Waals surface area contributed by atoms with E-state index in [2.05, 4.69) is 6.07 Å². The Morgan fingerprint density at radius 2 is 1.84 bits per heavy atom. The van der Waals surface area contributed by atoms with Crippen molar-refractivity contribution in [3.05, 3.63) is 53.3 Å². The first-order valence-corrected chi connectivity index (χ1v) is 6.90. The van der Waals surface area contributed by atoms with Crippen LogP contribution in [0.3, 0.4) is 0 Å². The molecular weight excluding hydrogens is 261 g/mol. The highest BCUT2D eigenvalue weighted by Crippen LogP contribution is 2.32. The van der Waals surface area contributed by atoms with Gasteiger partial charge in [-0.25, -0.2) is 4.39 Å². The summed E-state index contributed by atoms with van der Waals surface area (Å²) in [6.45, 7) is 1.67. The van der Waals surface area contributed by atoms with E-state index < -0.39 is 5.82 Å². The third-order valence-electron chi connectivity index (χ3n) is 2.70. The van der Waals surface area contributed by atoms with E-state index in [1.807, 2.05) is 12.3 Å². The molecular formula is C15H12FNOS. The normalized spacial score (nSPS) is 10.0. The van der Waals surface area contributed by atoms with Crippen LogP contribution in [-0.2, 0) is 0 Å². The maximum atomic E-state index is 13.9. The summed E-state index contributed by atoms with van der Waals surface area (Å²) in [5.74, 6) is 0.106. The zero-order chi connectivity index (χ0) is 13.8. The van der Waals surface area contributed by atoms with Crippen molar-refractivity contribution in [3.63, 3.8) is 0 Å². The Bertz CT molecular complexity index is 649. The lowest BCUT2D eigenvalue weighted by Gasteiger charge is -2.11. The maximum absolute atomic E-state index is 13.9. The molecule has 4 heteroatoms. The quantitative estimate of drug-likeness (QED) is 0.771. The number of aryl methyl sites for hydroxylation is 1. The Kier molecular flexibility index (Phi) is 4.08. The first-order valence-electron chi connectivity index (χ1n) is 5.67. The van der Waals surface area contributed by atoms with Crippen molar-refractivity contribution in [2.24, 2.45) is 0 Å². The van der Waals surface area contributed by atoms with Gasteiger partial charge in [0.25, 0.3) is 0 Å². The third kappa shape index (κ3) is 2.72. The molecule has 2 nitrogen and oxygen atoms in total. The maximum Gasteiger partial charge on any atom is 0.168 e. The molecule has 0 aliphatic rings. The van der Waals surface area contributed by atoms with Gasteiger partial charge in [0.05, 0.1) is 0 Å². The van der Waals surface area contributed by atoms with E-state index >= 15 is 0 Å². The number of ether oxygens (including phenoxy) is 1. The Labute approximate surface area is 115 Å². The average molecular weight is 273 g/mol. The van der Waals surface area contributed by atoms with Gasteiger partial charge in [-0.2, -0.15) is 5.26 Å². The van der Waals surface area contributed by atoms with Crippen LogP contribution in [0.5, 0.6) is 11.5 Å². The smallest absolute Gasteiger partial charge is 0.168 e. The molecule has 0 aliphatic carbocycles. The fourth-order valence-corrected chi connectivity index (χ4v) is 2.26. The highest BCUT2D eigenvalue weighted by molar-refractivity contribution is 7.98. The summed E-state index contributed by atoms with van der Waals surface area (Å²) in [4.78, 5) is 0.813. The molecule has 2 aromatic carbocycles. The van der Waals surface area contributed by atoms with E-state index in [0.29, 0.717) is 16.9 Å². The summed E-state index contributed by atoms with van der Waals surface area (Å²) in [6.07, 6.45) is 1.88. The molecule has 2 rings (SSSR count). The molecule has 2 aromatic rings. The molecule has 0 radical (unpaired) electrons. The molecule has 0 heterocycles. The Hall–Kier alpha value is -1.99. The molecule has 0 amide bonds. The number of halogens is 1. The number of thioether (sulfide) groups is 1. The standard InChI is InChI=1S/C15H12FNOS/c1-10-5-3-7-13(15(10)16)18-12-6-4-8-14(19-2)11(12)9-17/h3-8H,1-2H3. The minimum atomic E-state index is -0.402. The molecule has 0 saturated carbocycles. The van der Waals surface area contributed by atoms with Crippen LogP contribution in [0.15, 0.2) is 41.3 Å². The van der Waals surface area contributed by atoms with E-state index in [4.69, 9.17) is 4.74 Å². The van der Waals surface area contributed by atoms with Crippen molar-refractivity contribution >= 4 is 11.8 Å². The largest absolute Gasteiger partial charge is 0.453 e. The second-order valence-corrected chi connectivity index (χ2v) is 4.78. The highest BCUT2D eigenvalue weighted by atomic mass is 32.2. The van der Waals surface area contributed by atoms with Gasteiger partial charge in [-0.1, -0.05) is 18.2 Å². The molecule has 0 atom stereocenters. The van der Waals surface area contributed by atoms with Gasteiger partial charge in [0.1, 0.15) is 17.4 Å². The molecule has 0 N–H and O–H groups in total. The monoisotopic (exact) mass is 273 g/mol. The number of hydrogen-bond acceptors (Lipinski definition) is 3. The number of nitrogens with zero attached hydrogens (tertiary/aromatic N) is 1. The second-order valence-electron chi connectivity index (χ2n) is 3.93. The van der Waals surface area contributed by atoms with E-state index in [1.54, 1.807) is 37.3 Å². The molecule has 0 spiro atoms. The van der Waals surface area contributed by atoms with Crippen molar-refractivity contribution < 1.29 is 9.13 Å². The van der Waals surface area contributed by atoms with Crippen molar-refractivity contribution in [1.29, 1.82) is 5.26 Å². The van der Waals surface area contributed by atoms with Crippen LogP contribution in [-0.4, -0.2) is 6.26 Å². The first kappa shape index (κ1) is 13.4. The van der Waals surface area contributed by atoms with Crippen LogP contribution in [0.1, 0.15) is 11.1 Å². The second kappa shape index (κ2) is 5.77. The number of benzene rings is 2. The van der Waals surface area contributed by atoms with Gasteiger partial charge < -0.3 is 4.74 Å². The summed E-state index contributed by atoms with van der Waals surface area (Å²) in [6, 6.07) is 12.3. The van der Waals surface area contributed by atoms with E-state index in [0.717, 1.165) is 4.90 Å². The van der Waals surface area contributed by atoms with E-state index in [1.165, 1.54) is 11.8 Å². The number of rotatable bonds is 3. The SMILES string of the molecule is CSc1cccc(Oc2cccc(C)c2F)c1C#N. The van der Waals surface area contributed by atoms with Gasteiger partial charge >= 0.3 is 0 Å². The fraction of sp³-hybridized carbons (Fsp3) is 0.133. The van der Waals surface area contributed by atoms with Crippen molar-refractivity contribution in [1.82, 2.24) is 0 Å². The summed E-state index contributed by atoms with van der Waals surface area (Å²) < 4.78 is 19.4. The number of nitriles is 1. The van der Waals surface area contributed by atoms with Gasteiger partial charge in [0.2, 0.25) is 0 Å². The van der Waals surface area contributed by atoms with E-state index in [-0.39, 0.29) is 5.75 Å².